The summed E-state index contributed by atoms with van der Waals surface area (Å²) in [7, 11) is 0. The van der Waals surface area contributed by atoms with Crippen molar-refractivity contribution >= 4 is 11.6 Å². The van der Waals surface area contributed by atoms with Gasteiger partial charge in [0.2, 0.25) is 0 Å². The van der Waals surface area contributed by atoms with E-state index in [2.05, 4.69) is 4.98 Å². The molecule has 1 heterocycles. The van der Waals surface area contributed by atoms with Gasteiger partial charge in [0, 0.05) is 5.02 Å². The molecule has 0 bridgehead atoms. The second-order valence-corrected chi connectivity index (χ2v) is 4.12. The van der Waals surface area contributed by atoms with Gasteiger partial charge < -0.3 is 4.57 Å². The molecule has 0 fully saturated rings. The third-order valence-electron chi connectivity index (χ3n) is 2.57. The smallest absolute Gasteiger partial charge is 0.176 e. The summed E-state index contributed by atoms with van der Waals surface area (Å²) in [5.41, 5.74) is 1.51. The van der Waals surface area contributed by atoms with Crippen LogP contribution in [0.5, 0.6) is 0 Å². The molecular formula is C13H6ClN5. The monoisotopic (exact) mass is 267 g/mol. The van der Waals surface area contributed by atoms with Gasteiger partial charge in [0.25, 0.3) is 0 Å². The normalized spacial score (nSPS) is 9.37. The lowest BCUT2D eigenvalue weighted by Crippen LogP contribution is -2.02. The number of imidazole rings is 1. The zero-order chi connectivity index (χ0) is 13.8. The molecule has 0 amide bonds. The van der Waals surface area contributed by atoms with E-state index in [1.165, 1.54) is 6.33 Å². The van der Waals surface area contributed by atoms with Crippen molar-refractivity contribution in [2.75, 3.05) is 0 Å². The minimum atomic E-state index is 0.0901. The van der Waals surface area contributed by atoms with E-state index in [-0.39, 0.29) is 11.4 Å². The molecule has 1 aromatic carbocycles. The number of nitriles is 3. The maximum absolute atomic E-state index is 9.01. The Hall–Kier alpha value is -2.81. The van der Waals surface area contributed by atoms with Crippen LogP contribution in [0.1, 0.15) is 22.5 Å². The summed E-state index contributed by atoms with van der Waals surface area (Å²) in [6.45, 7) is 0.322. The molecule has 2 rings (SSSR count). The molecular weight excluding hydrogens is 262 g/mol. The number of halogens is 1. The van der Waals surface area contributed by atoms with Crippen molar-refractivity contribution in [2.24, 2.45) is 0 Å². The third kappa shape index (κ3) is 2.40. The van der Waals surface area contributed by atoms with Crippen LogP contribution in [-0.4, -0.2) is 9.55 Å². The molecule has 90 valence electrons. The highest BCUT2D eigenvalue weighted by atomic mass is 35.5. The highest BCUT2D eigenvalue weighted by Crippen LogP contribution is 2.19. The molecule has 0 saturated heterocycles. The number of benzene rings is 1. The molecule has 0 aliphatic carbocycles. The number of aromatic nitrogens is 2. The van der Waals surface area contributed by atoms with E-state index in [4.69, 9.17) is 27.4 Å². The molecule has 0 N–H and O–H groups in total. The first-order valence-corrected chi connectivity index (χ1v) is 5.61. The minimum absolute atomic E-state index is 0.0901. The number of nitrogens with zero attached hydrogens (tertiary/aromatic N) is 5. The molecule has 2 aromatic rings. The number of hydrogen-bond acceptors (Lipinski definition) is 4. The fourth-order valence-corrected chi connectivity index (χ4v) is 1.87. The quantitative estimate of drug-likeness (QED) is 0.834. The van der Waals surface area contributed by atoms with E-state index < -0.39 is 0 Å². The van der Waals surface area contributed by atoms with Crippen LogP contribution in [0.3, 0.4) is 0 Å². The van der Waals surface area contributed by atoms with Crippen LogP contribution in [0.15, 0.2) is 24.5 Å². The van der Waals surface area contributed by atoms with Gasteiger partial charge in [-0.2, -0.15) is 15.8 Å². The van der Waals surface area contributed by atoms with E-state index in [0.29, 0.717) is 17.1 Å². The summed E-state index contributed by atoms with van der Waals surface area (Å²) in [4.78, 5) is 3.85. The van der Waals surface area contributed by atoms with Crippen LogP contribution in [0.25, 0.3) is 0 Å². The fraction of sp³-hybridized carbons (Fsp3) is 0.0769. The number of hydrogen-bond donors (Lipinski definition) is 0. The predicted molar refractivity (Wildman–Crippen MR) is 66.9 cm³/mol. The van der Waals surface area contributed by atoms with Crippen LogP contribution < -0.4 is 0 Å². The van der Waals surface area contributed by atoms with Gasteiger partial charge in [0.05, 0.1) is 24.5 Å². The third-order valence-corrected chi connectivity index (χ3v) is 2.92. The van der Waals surface area contributed by atoms with Gasteiger partial charge in [0.15, 0.2) is 11.4 Å². The maximum atomic E-state index is 9.01. The molecule has 0 unspecified atom stereocenters. The molecule has 0 spiro atoms. The van der Waals surface area contributed by atoms with Gasteiger partial charge in [-0.05, 0) is 17.7 Å². The molecule has 0 saturated carbocycles. The lowest BCUT2D eigenvalue weighted by atomic mass is 10.1. The summed E-state index contributed by atoms with van der Waals surface area (Å²) in [6.07, 6.45) is 1.42. The lowest BCUT2D eigenvalue weighted by Gasteiger charge is -2.06. The van der Waals surface area contributed by atoms with Crippen LogP contribution in [0.2, 0.25) is 5.02 Å². The molecule has 0 aliphatic rings. The first-order chi connectivity index (χ1) is 9.19. The van der Waals surface area contributed by atoms with Gasteiger partial charge in [0.1, 0.15) is 12.1 Å². The Morgan fingerprint density at radius 1 is 1.16 bits per heavy atom. The van der Waals surface area contributed by atoms with E-state index in [1.54, 1.807) is 22.8 Å². The van der Waals surface area contributed by atoms with E-state index >= 15 is 0 Å². The average molecular weight is 268 g/mol. The Balaban J connectivity index is 2.38. The zero-order valence-corrected chi connectivity index (χ0v) is 10.4. The Kier molecular flexibility index (Phi) is 3.48. The molecule has 19 heavy (non-hydrogen) atoms. The molecule has 0 radical (unpaired) electrons. The standard InChI is InChI=1S/C13H6ClN5/c14-11-3-9(4-15)1-2-10(11)7-19-8-18-12(5-16)13(19)6-17/h1-3,8H,7H2. The summed E-state index contributed by atoms with van der Waals surface area (Å²) in [6, 6.07) is 10.7. The van der Waals surface area contributed by atoms with Crippen LogP contribution >= 0.6 is 11.6 Å². The topological polar surface area (TPSA) is 89.2 Å². The Morgan fingerprint density at radius 2 is 1.95 bits per heavy atom. The lowest BCUT2D eigenvalue weighted by molar-refractivity contribution is 0.785. The van der Waals surface area contributed by atoms with Crippen molar-refractivity contribution < 1.29 is 0 Å². The largest absolute Gasteiger partial charge is 0.317 e. The number of rotatable bonds is 2. The Morgan fingerprint density at radius 3 is 2.53 bits per heavy atom. The maximum Gasteiger partial charge on any atom is 0.176 e. The van der Waals surface area contributed by atoms with E-state index in [1.807, 2.05) is 18.2 Å². The fourth-order valence-electron chi connectivity index (χ4n) is 1.63. The van der Waals surface area contributed by atoms with E-state index in [9.17, 15) is 0 Å². The van der Waals surface area contributed by atoms with Gasteiger partial charge in [-0.15, -0.1) is 0 Å². The summed E-state index contributed by atoms with van der Waals surface area (Å²) in [5, 5.41) is 27.0. The second-order valence-electron chi connectivity index (χ2n) is 3.71. The highest BCUT2D eigenvalue weighted by Gasteiger charge is 2.11. The molecule has 0 atom stereocenters. The molecule has 0 aliphatic heterocycles. The van der Waals surface area contributed by atoms with Crippen molar-refractivity contribution in [1.82, 2.24) is 9.55 Å². The van der Waals surface area contributed by atoms with Crippen molar-refractivity contribution in [1.29, 1.82) is 15.8 Å². The highest BCUT2D eigenvalue weighted by molar-refractivity contribution is 6.31. The van der Waals surface area contributed by atoms with Crippen LogP contribution in [0, 0.1) is 34.0 Å². The van der Waals surface area contributed by atoms with Crippen molar-refractivity contribution in [3.8, 4) is 18.2 Å². The predicted octanol–water partition coefficient (Wildman–Crippen LogP) is 2.20. The van der Waals surface area contributed by atoms with Gasteiger partial charge in [-0.1, -0.05) is 17.7 Å². The first-order valence-electron chi connectivity index (χ1n) is 5.23. The average Bonchev–Trinajstić information content (AvgIpc) is 2.82. The molecule has 6 heteroatoms. The first kappa shape index (κ1) is 12.6. The SMILES string of the molecule is N#Cc1ccc(Cn2cnc(C#N)c2C#N)c(Cl)c1. The van der Waals surface area contributed by atoms with Crippen LogP contribution in [-0.2, 0) is 6.54 Å². The minimum Gasteiger partial charge on any atom is -0.317 e. The van der Waals surface area contributed by atoms with Crippen molar-refractivity contribution in [2.45, 2.75) is 6.54 Å². The molecule has 5 nitrogen and oxygen atoms in total. The summed E-state index contributed by atoms with van der Waals surface area (Å²) >= 11 is 6.06. The Labute approximate surface area is 114 Å². The summed E-state index contributed by atoms with van der Waals surface area (Å²) in [5.74, 6) is 0. The van der Waals surface area contributed by atoms with Gasteiger partial charge in [-0.25, -0.2) is 4.98 Å². The van der Waals surface area contributed by atoms with Crippen LogP contribution in [0.4, 0.5) is 0 Å². The second kappa shape index (κ2) is 5.23. The van der Waals surface area contributed by atoms with Crippen molar-refractivity contribution in [3.63, 3.8) is 0 Å². The van der Waals surface area contributed by atoms with Gasteiger partial charge >= 0.3 is 0 Å². The summed E-state index contributed by atoms with van der Waals surface area (Å²) < 4.78 is 1.55. The Bertz CT molecular complexity index is 755. The molecule has 1 aromatic heterocycles. The van der Waals surface area contributed by atoms with Gasteiger partial charge in [-0.3, -0.25) is 0 Å². The van der Waals surface area contributed by atoms with E-state index in [0.717, 1.165) is 5.56 Å². The zero-order valence-electron chi connectivity index (χ0n) is 9.63. The van der Waals surface area contributed by atoms with Crippen molar-refractivity contribution in [3.05, 3.63) is 52.1 Å².